The van der Waals surface area contributed by atoms with Gasteiger partial charge >= 0.3 is 0 Å². The molecule has 0 aliphatic heterocycles. The molecule has 0 bridgehead atoms. The van der Waals surface area contributed by atoms with Crippen molar-refractivity contribution in [1.29, 1.82) is 0 Å². The van der Waals surface area contributed by atoms with Crippen LogP contribution in [0.5, 0.6) is 5.75 Å². The molecule has 94 valence electrons. The predicted octanol–water partition coefficient (Wildman–Crippen LogP) is 3.85. The van der Waals surface area contributed by atoms with Crippen molar-refractivity contribution in [3.05, 3.63) is 63.6 Å². The largest absolute Gasteiger partial charge is 0.497 e. The van der Waals surface area contributed by atoms with E-state index in [9.17, 15) is 5.11 Å². The normalized spacial score (nSPS) is 12.2. The Morgan fingerprint density at radius 3 is 2.33 bits per heavy atom. The third-order valence-electron chi connectivity index (χ3n) is 2.88. The Kier molecular flexibility index (Phi) is 4.04. The summed E-state index contributed by atoms with van der Waals surface area (Å²) in [6.07, 6.45) is -0.633. The van der Waals surface area contributed by atoms with Crippen LogP contribution < -0.4 is 4.74 Å². The van der Waals surface area contributed by atoms with Crippen molar-refractivity contribution in [3.63, 3.8) is 0 Å². The highest BCUT2D eigenvalue weighted by molar-refractivity contribution is 9.10. The van der Waals surface area contributed by atoms with Crippen LogP contribution in [0.1, 0.15) is 22.8 Å². The van der Waals surface area contributed by atoms with E-state index in [1.807, 2.05) is 49.4 Å². The fourth-order valence-electron chi connectivity index (χ4n) is 1.82. The number of aliphatic hydroxyl groups excluding tert-OH is 1. The summed E-state index contributed by atoms with van der Waals surface area (Å²) < 4.78 is 6.03. The Morgan fingerprint density at radius 2 is 1.78 bits per heavy atom. The Balaban J connectivity index is 2.31. The third-order valence-corrected chi connectivity index (χ3v) is 3.57. The van der Waals surface area contributed by atoms with E-state index in [0.717, 1.165) is 26.9 Å². The molecule has 0 radical (unpaired) electrons. The van der Waals surface area contributed by atoms with Crippen LogP contribution in [0, 0.1) is 6.92 Å². The van der Waals surface area contributed by atoms with Crippen LogP contribution in [0.25, 0.3) is 0 Å². The molecule has 3 heteroatoms. The number of methoxy groups -OCH3 is 1. The van der Waals surface area contributed by atoms with E-state index in [4.69, 9.17) is 4.74 Å². The van der Waals surface area contributed by atoms with Gasteiger partial charge < -0.3 is 9.84 Å². The maximum Gasteiger partial charge on any atom is 0.118 e. The summed E-state index contributed by atoms with van der Waals surface area (Å²) in [4.78, 5) is 0. The maximum atomic E-state index is 10.4. The molecule has 0 heterocycles. The lowest BCUT2D eigenvalue weighted by atomic mass is 10.0. The summed E-state index contributed by atoms with van der Waals surface area (Å²) in [6.45, 7) is 2.02. The van der Waals surface area contributed by atoms with E-state index in [1.165, 1.54) is 0 Å². The topological polar surface area (TPSA) is 29.5 Å². The second-order valence-corrected chi connectivity index (χ2v) is 5.06. The minimum Gasteiger partial charge on any atom is -0.497 e. The number of hydrogen-bond donors (Lipinski definition) is 1. The molecule has 1 unspecified atom stereocenters. The fraction of sp³-hybridized carbons (Fsp3) is 0.200. The van der Waals surface area contributed by atoms with Gasteiger partial charge in [-0.1, -0.05) is 40.2 Å². The number of aliphatic hydroxyl groups is 1. The van der Waals surface area contributed by atoms with Crippen molar-refractivity contribution in [2.45, 2.75) is 13.0 Å². The summed E-state index contributed by atoms with van der Waals surface area (Å²) in [5, 5.41) is 10.4. The number of rotatable bonds is 3. The van der Waals surface area contributed by atoms with E-state index in [0.29, 0.717) is 0 Å². The standard InChI is InChI=1S/C15H15BrO2/c1-10-3-8-13(14(16)9-10)15(17)11-4-6-12(18-2)7-5-11/h3-9,15,17H,1-2H3. The van der Waals surface area contributed by atoms with Crippen LogP contribution in [0.4, 0.5) is 0 Å². The van der Waals surface area contributed by atoms with Gasteiger partial charge in [0.05, 0.1) is 7.11 Å². The number of hydrogen-bond acceptors (Lipinski definition) is 2. The molecule has 0 fully saturated rings. The van der Waals surface area contributed by atoms with Crippen molar-refractivity contribution in [1.82, 2.24) is 0 Å². The molecule has 2 aromatic carbocycles. The van der Waals surface area contributed by atoms with E-state index in [2.05, 4.69) is 15.9 Å². The number of aryl methyl sites for hydroxylation is 1. The molecule has 0 aliphatic rings. The Hall–Kier alpha value is -1.32. The van der Waals surface area contributed by atoms with Crippen LogP contribution >= 0.6 is 15.9 Å². The summed E-state index contributed by atoms with van der Waals surface area (Å²) >= 11 is 3.49. The summed E-state index contributed by atoms with van der Waals surface area (Å²) in [5.74, 6) is 0.786. The summed E-state index contributed by atoms with van der Waals surface area (Å²) in [6, 6.07) is 13.4. The van der Waals surface area contributed by atoms with Crippen molar-refractivity contribution >= 4 is 15.9 Å². The third kappa shape index (κ3) is 2.74. The second kappa shape index (κ2) is 5.55. The lowest BCUT2D eigenvalue weighted by molar-refractivity contribution is 0.219. The molecule has 0 amide bonds. The molecule has 1 atom stereocenters. The molecule has 0 saturated carbocycles. The second-order valence-electron chi connectivity index (χ2n) is 4.20. The quantitative estimate of drug-likeness (QED) is 0.933. The molecular weight excluding hydrogens is 292 g/mol. The van der Waals surface area contributed by atoms with E-state index >= 15 is 0 Å². The minimum atomic E-state index is -0.633. The van der Waals surface area contributed by atoms with Gasteiger partial charge in [-0.2, -0.15) is 0 Å². The SMILES string of the molecule is COc1ccc(C(O)c2ccc(C)cc2Br)cc1. The maximum absolute atomic E-state index is 10.4. The molecule has 0 aromatic heterocycles. The van der Waals surface area contributed by atoms with Crippen molar-refractivity contribution in [2.24, 2.45) is 0 Å². The van der Waals surface area contributed by atoms with Gasteiger partial charge in [0.25, 0.3) is 0 Å². The number of halogens is 1. The van der Waals surface area contributed by atoms with Crippen molar-refractivity contribution in [3.8, 4) is 5.75 Å². The van der Waals surface area contributed by atoms with Gasteiger partial charge in [0.15, 0.2) is 0 Å². The summed E-state index contributed by atoms with van der Waals surface area (Å²) in [7, 11) is 1.63. The predicted molar refractivity (Wildman–Crippen MR) is 75.9 cm³/mol. The molecule has 18 heavy (non-hydrogen) atoms. The molecule has 2 nitrogen and oxygen atoms in total. The fourth-order valence-corrected chi connectivity index (χ4v) is 2.53. The van der Waals surface area contributed by atoms with Crippen LogP contribution in [0.3, 0.4) is 0 Å². The van der Waals surface area contributed by atoms with Gasteiger partial charge in [-0.15, -0.1) is 0 Å². The highest BCUT2D eigenvalue weighted by atomic mass is 79.9. The monoisotopic (exact) mass is 306 g/mol. The molecule has 2 aromatic rings. The average Bonchev–Trinajstić information content (AvgIpc) is 2.38. The number of ether oxygens (including phenoxy) is 1. The lowest BCUT2D eigenvalue weighted by Crippen LogP contribution is -2.00. The molecule has 0 aliphatic carbocycles. The Bertz CT molecular complexity index is 535. The van der Waals surface area contributed by atoms with Crippen molar-refractivity contribution < 1.29 is 9.84 Å². The van der Waals surface area contributed by atoms with E-state index < -0.39 is 6.10 Å². The first-order valence-electron chi connectivity index (χ1n) is 5.70. The molecule has 1 N–H and O–H groups in total. The number of benzene rings is 2. The highest BCUT2D eigenvalue weighted by Gasteiger charge is 2.13. The van der Waals surface area contributed by atoms with Crippen LogP contribution in [-0.2, 0) is 0 Å². The first-order chi connectivity index (χ1) is 8.61. The van der Waals surface area contributed by atoms with Crippen LogP contribution in [0.15, 0.2) is 46.9 Å². The first-order valence-corrected chi connectivity index (χ1v) is 6.49. The lowest BCUT2D eigenvalue weighted by Gasteiger charge is -2.14. The van der Waals surface area contributed by atoms with Gasteiger partial charge in [-0.25, -0.2) is 0 Å². The van der Waals surface area contributed by atoms with Crippen molar-refractivity contribution in [2.75, 3.05) is 7.11 Å². The molecule has 2 rings (SSSR count). The molecule has 0 spiro atoms. The van der Waals surface area contributed by atoms with E-state index in [-0.39, 0.29) is 0 Å². The first kappa shape index (κ1) is 13.1. The Labute approximate surface area is 115 Å². The highest BCUT2D eigenvalue weighted by Crippen LogP contribution is 2.30. The molecular formula is C15H15BrO2. The molecule has 0 saturated heterocycles. The van der Waals surface area contributed by atoms with Gasteiger partial charge in [-0.05, 0) is 41.8 Å². The zero-order valence-electron chi connectivity index (χ0n) is 10.4. The summed E-state index contributed by atoms with van der Waals surface area (Å²) in [5.41, 5.74) is 2.87. The van der Waals surface area contributed by atoms with Crippen LogP contribution in [-0.4, -0.2) is 12.2 Å². The zero-order chi connectivity index (χ0) is 13.1. The van der Waals surface area contributed by atoms with Gasteiger partial charge in [0.1, 0.15) is 11.9 Å². The average molecular weight is 307 g/mol. The van der Waals surface area contributed by atoms with E-state index in [1.54, 1.807) is 7.11 Å². The smallest absolute Gasteiger partial charge is 0.118 e. The van der Waals surface area contributed by atoms with Crippen LogP contribution in [0.2, 0.25) is 0 Å². The van der Waals surface area contributed by atoms with Gasteiger partial charge in [0, 0.05) is 4.47 Å². The minimum absolute atomic E-state index is 0.633. The van der Waals surface area contributed by atoms with Gasteiger partial charge in [-0.3, -0.25) is 0 Å². The Morgan fingerprint density at radius 1 is 1.11 bits per heavy atom. The van der Waals surface area contributed by atoms with Gasteiger partial charge in [0.2, 0.25) is 0 Å². The zero-order valence-corrected chi connectivity index (χ0v) is 11.9.